The summed E-state index contributed by atoms with van der Waals surface area (Å²) in [6.07, 6.45) is 3.36. The minimum atomic E-state index is 0.000509. The second-order valence-corrected chi connectivity index (χ2v) is 6.15. The van der Waals surface area contributed by atoms with Gasteiger partial charge < -0.3 is 5.32 Å². The van der Waals surface area contributed by atoms with E-state index in [9.17, 15) is 4.79 Å². The van der Waals surface area contributed by atoms with Crippen LogP contribution in [0.1, 0.15) is 28.9 Å². The molecule has 2 rings (SSSR count). The summed E-state index contributed by atoms with van der Waals surface area (Å²) in [6.45, 7) is 0. The Balaban J connectivity index is 2.07. The van der Waals surface area contributed by atoms with Gasteiger partial charge in [0.15, 0.2) is 0 Å². The van der Waals surface area contributed by atoms with Gasteiger partial charge in [-0.15, -0.1) is 11.3 Å². The van der Waals surface area contributed by atoms with Gasteiger partial charge in [0.05, 0.1) is 5.54 Å². The highest BCUT2D eigenvalue weighted by molar-refractivity contribution is 9.10. The summed E-state index contributed by atoms with van der Waals surface area (Å²) in [6, 6.07) is 1.90. The van der Waals surface area contributed by atoms with Crippen molar-refractivity contribution in [3.63, 3.8) is 0 Å². The molecule has 1 fully saturated rings. The maximum Gasteiger partial charge on any atom is 0.262 e. The third-order valence-corrected chi connectivity index (χ3v) is 5.68. The van der Waals surface area contributed by atoms with E-state index < -0.39 is 0 Å². The summed E-state index contributed by atoms with van der Waals surface area (Å²) in [5, 5.41) is 5.88. The molecule has 5 heteroatoms. The van der Waals surface area contributed by atoms with Gasteiger partial charge in [-0.1, -0.05) is 15.9 Å². The Bertz CT molecular complexity index is 368. The predicted molar refractivity (Wildman–Crippen MR) is 69.9 cm³/mol. The molecule has 1 aliphatic rings. The number of thiophene rings is 1. The van der Waals surface area contributed by atoms with Crippen molar-refractivity contribution in [2.24, 2.45) is 0 Å². The first-order valence-corrected chi connectivity index (χ1v) is 7.58. The van der Waals surface area contributed by atoms with Crippen LogP contribution in [0.2, 0.25) is 0 Å². The number of amides is 1. The number of rotatable bonds is 3. The molecule has 2 nitrogen and oxygen atoms in total. The molecule has 0 aromatic carbocycles. The molecule has 0 bridgehead atoms. The minimum Gasteiger partial charge on any atom is -0.345 e. The van der Waals surface area contributed by atoms with Crippen molar-refractivity contribution in [3.8, 4) is 0 Å². The highest BCUT2D eigenvalue weighted by atomic mass is 79.9. The van der Waals surface area contributed by atoms with E-state index in [0.29, 0.717) is 0 Å². The van der Waals surface area contributed by atoms with Gasteiger partial charge in [0, 0.05) is 9.80 Å². The van der Waals surface area contributed by atoms with Crippen LogP contribution in [-0.4, -0.2) is 16.8 Å². The molecule has 1 amide bonds. The summed E-state index contributed by atoms with van der Waals surface area (Å²) in [5.41, 5.74) is 0.000509. The van der Waals surface area contributed by atoms with E-state index in [1.54, 1.807) is 0 Å². The topological polar surface area (TPSA) is 29.1 Å². The summed E-state index contributed by atoms with van der Waals surface area (Å²) < 4.78 is 0.883. The highest BCUT2D eigenvalue weighted by Gasteiger charge is 2.37. The van der Waals surface area contributed by atoms with Crippen LogP contribution in [-0.2, 0) is 0 Å². The lowest BCUT2D eigenvalue weighted by molar-refractivity contribution is 0.0860. The van der Waals surface area contributed by atoms with Crippen molar-refractivity contribution in [1.29, 1.82) is 0 Å². The molecule has 0 aliphatic heterocycles. The molecule has 1 aromatic rings. The first-order valence-electron chi connectivity index (χ1n) is 4.78. The molecule has 1 aliphatic carbocycles. The molecular formula is C10H11Br2NOS. The summed E-state index contributed by atoms with van der Waals surface area (Å²) in [4.78, 5) is 12.7. The molecule has 0 atom stereocenters. The molecule has 0 spiro atoms. The number of nitrogens with one attached hydrogen (secondary N) is 1. The SMILES string of the molecule is O=C(NC1(CBr)CCC1)c1sccc1Br. The standard InChI is InChI=1S/C10H11Br2NOS/c11-6-10(3-1-4-10)13-9(14)8-7(12)2-5-15-8/h2,5H,1,3-4,6H2,(H,13,14). The smallest absolute Gasteiger partial charge is 0.262 e. The third-order valence-electron chi connectivity index (χ3n) is 2.77. The highest BCUT2D eigenvalue weighted by Crippen LogP contribution is 2.34. The van der Waals surface area contributed by atoms with Crippen molar-refractivity contribution in [2.75, 3.05) is 5.33 Å². The van der Waals surface area contributed by atoms with Crippen LogP contribution in [0.25, 0.3) is 0 Å². The summed E-state index contributed by atoms with van der Waals surface area (Å²) in [7, 11) is 0. The van der Waals surface area contributed by atoms with Gasteiger partial charge in [0.2, 0.25) is 0 Å². The molecule has 15 heavy (non-hydrogen) atoms. The molecule has 1 N–H and O–H groups in total. The zero-order valence-corrected chi connectivity index (χ0v) is 12.0. The van der Waals surface area contributed by atoms with Crippen molar-refractivity contribution >= 4 is 49.1 Å². The zero-order chi connectivity index (χ0) is 10.9. The van der Waals surface area contributed by atoms with Crippen LogP contribution in [0.4, 0.5) is 0 Å². The minimum absolute atomic E-state index is 0.000509. The van der Waals surface area contributed by atoms with Gasteiger partial charge in [0.1, 0.15) is 4.88 Å². The van der Waals surface area contributed by atoms with E-state index >= 15 is 0 Å². The van der Waals surface area contributed by atoms with Gasteiger partial charge in [-0.05, 0) is 46.6 Å². The lowest BCUT2D eigenvalue weighted by Crippen LogP contribution is -2.54. The lowest BCUT2D eigenvalue weighted by Gasteiger charge is -2.41. The van der Waals surface area contributed by atoms with E-state index in [1.807, 2.05) is 11.4 Å². The van der Waals surface area contributed by atoms with E-state index in [4.69, 9.17) is 0 Å². The fourth-order valence-corrected chi connectivity index (χ4v) is 3.80. The third kappa shape index (κ3) is 2.29. The Morgan fingerprint density at radius 2 is 2.33 bits per heavy atom. The summed E-state index contributed by atoms with van der Waals surface area (Å²) in [5.74, 6) is 0.0380. The zero-order valence-electron chi connectivity index (χ0n) is 8.06. The molecule has 0 saturated heterocycles. The van der Waals surface area contributed by atoms with Gasteiger partial charge in [-0.25, -0.2) is 0 Å². The van der Waals surface area contributed by atoms with Crippen molar-refractivity contribution in [2.45, 2.75) is 24.8 Å². The Hall–Kier alpha value is 0.130. The average Bonchev–Trinajstić information content (AvgIpc) is 2.58. The number of alkyl halides is 1. The van der Waals surface area contributed by atoms with Gasteiger partial charge in [-0.2, -0.15) is 0 Å². The predicted octanol–water partition coefficient (Wildman–Crippen LogP) is 3.56. The van der Waals surface area contributed by atoms with Crippen LogP contribution in [0.5, 0.6) is 0 Å². The van der Waals surface area contributed by atoms with Crippen molar-refractivity contribution in [3.05, 3.63) is 20.8 Å². The van der Waals surface area contributed by atoms with Crippen LogP contribution >= 0.6 is 43.2 Å². The van der Waals surface area contributed by atoms with Crippen molar-refractivity contribution in [1.82, 2.24) is 5.32 Å². The van der Waals surface area contributed by atoms with Crippen LogP contribution in [0, 0.1) is 0 Å². The molecule has 1 heterocycles. The number of carbonyl (C=O) groups excluding carboxylic acids is 1. The maximum atomic E-state index is 11.9. The number of hydrogen-bond acceptors (Lipinski definition) is 2. The summed E-state index contributed by atoms with van der Waals surface area (Å²) >= 11 is 8.31. The molecule has 1 aromatic heterocycles. The van der Waals surface area contributed by atoms with E-state index in [0.717, 1.165) is 27.5 Å². The average molecular weight is 353 g/mol. The number of carbonyl (C=O) groups is 1. The molecule has 0 unspecified atom stereocenters. The van der Waals surface area contributed by atoms with Crippen LogP contribution < -0.4 is 5.32 Å². The first-order chi connectivity index (χ1) is 7.17. The Morgan fingerprint density at radius 1 is 1.60 bits per heavy atom. The fraction of sp³-hybridized carbons (Fsp3) is 0.500. The Labute approximate surface area is 110 Å². The maximum absolute atomic E-state index is 11.9. The first kappa shape index (κ1) is 11.6. The molecule has 1 saturated carbocycles. The van der Waals surface area contributed by atoms with E-state index in [2.05, 4.69) is 37.2 Å². The van der Waals surface area contributed by atoms with Crippen molar-refractivity contribution < 1.29 is 4.79 Å². The Morgan fingerprint density at radius 3 is 2.73 bits per heavy atom. The monoisotopic (exact) mass is 351 g/mol. The second-order valence-electron chi connectivity index (χ2n) is 3.82. The Kier molecular flexibility index (Phi) is 3.52. The quantitative estimate of drug-likeness (QED) is 0.828. The second kappa shape index (κ2) is 4.55. The van der Waals surface area contributed by atoms with Gasteiger partial charge in [-0.3, -0.25) is 4.79 Å². The largest absolute Gasteiger partial charge is 0.345 e. The fourth-order valence-electron chi connectivity index (χ4n) is 1.65. The lowest BCUT2D eigenvalue weighted by atomic mass is 9.78. The molecular weight excluding hydrogens is 342 g/mol. The number of halogens is 2. The molecule has 0 radical (unpaired) electrons. The number of hydrogen-bond donors (Lipinski definition) is 1. The van der Waals surface area contributed by atoms with E-state index in [-0.39, 0.29) is 11.4 Å². The van der Waals surface area contributed by atoms with Crippen LogP contribution in [0.3, 0.4) is 0 Å². The van der Waals surface area contributed by atoms with Gasteiger partial charge >= 0.3 is 0 Å². The normalized spacial score (nSPS) is 18.3. The van der Waals surface area contributed by atoms with Gasteiger partial charge in [0.25, 0.3) is 5.91 Å². The molecule has 82 valence electrons. The van der Waals surface area contributed by atoms with E-state index in [1.165, 1.54) is 17.8 Å². The van der Waals surface area contributed by atoms with Crippen LogP contribution in [0.15, 0.2) is 15.9 Å².